The van der Waals surface area contributed by atoms with Gasteiger partial charge < -0.3 is 5.11 Å². The summed E-state index contributed by atoms with van der Waals surface area (Å²) in [4.78, 5) is 10.8. The SMILES string of the molecule is CC(/C=C/C=C1\CCC(C)(C)C2=C1CC1=C(C2)C(C)(C)CCC1(C)C)=C\C(=O)O. The highest BCUT2D eigenvalue weighted by atomic mass is 16.4. The van der Waals surface area contributed by atoms with Gasteiger partial charge in [0.15, 0.2) is 0 Å². The molecule has 0 unspecified atom stereocenters. The van der Waals surface area contributed by atoms with Crippen LogP contribution < -0.4 is 0 Å². The first-order valence-electron chi connectivity index (χ1n) is 11.1. The van der Waals surface area contributed by atoms with Crippen molar-refractivity contribution >= 4 is 5.97 Å². The second-order valence-corrected chi connectivity index (χ2v) is 11.2. The smallest absolute Gasteiger partial charge is 0.328 e. The number of carboxylic acid groups (broad SMARTS) is 1. The zero-order chi connectivity index (χ0) is 21.6. The van der Waals surface area contributed by atoms with Gasteiger partial charge >= 0.3 is 5.97 Å². The molecule has 0 atom stereocenters. The third kappa shape index (κ3) is 4.37. The second kappa shape index (κ2) is 7.45. The van der Waals surface area contributed by atoms with Crippen LogP contribution in [0.25, 0.3) is 0 Å². The van der Waals surface area contributed by atoms with Crippen molar-refractivity contribution in [1.29, 1.82) is 0 Å². The Kier molecular flexibility index (Phi) is 5.62. The molecular weight excluding hydrogens is 356 g/mol. The van der Waals surface area contributed by atoms with Gasteiger partial charge in [0, 0.05) is 6.08 Å². The van der Waals surface area contributed by atoms with E-state index in [1.165, 1.54) is 30.9 Å². The number of carbonyl (C=O) groups is 1. The zero-order valence-electron chi connectivity index (χ0n) is 19.4. The topological polar surface area (TPSA) is 37.3 Å². The average Bonchev–Trinajstić information content (AvgIpc) is 2.60. The lowest BCUT2D eigenvalue weighted by atomic mass is 9.55. The van der Waals surface area contributed by atoms with Crippen LogP contribution in [0, 0.1) is 16.2 Å². The summed E-state index contributed by atoms with van der Waals surface area (Å²) in [7, 11) is 0. The molecule has 0 heterocycles. The van der Waals surface area contributed by atoms with Gasteiger partial charge in [0.1, 0.15) is 0 Å². The summed E-state index contributed by atoms with van der Waals surface area (Å²) in [6, 6.07) is 0. The van der Waals surface area contributed by atoms with Gasteiger partial charge in [-0.1, -0.05) is 76.5 Å². The van der Waals surface area contributed by atoms with Gasteiger partial charge in [-0.3, -0.25) is 0 Å². The number of rotatable bonds is 3. The molecule has 29 heavy (non-hydrogen) atoms. The van der Waals surface area contributed by atoms with Gasteiger partial charge in [-0.25, -0.2) is 4.79 Å². The molecule has 3 aliphatic rings. The van der Waals surface area contributed by atoms with Crippen LogP contribution in [0.4, 0.5) is 0 Å². The molecule has 0 aliphatic heterocycles. The highest BCUT2D eigenvalue weighted by molar-refractivity contribution is 5.81. The van der Waals surface area contributed by atoms with Crippen molar-refractivity contribution in [3.8, 4) is 0 Å². The maximum atomic E-state index is 10.8. The average molecular weight is 395 g/mol. The first-order chi connectivity index (χ1) is 13.3. The Morgan fingerprint density at radius 2 is 1.41 bits per heavy atom. The van der Waals surface area contributed by atoms with E-state index < -0.39 is 5.97 Å². The van der Waals surface area contributed by atoms with Gasteiger partial charge in [0.2, 0.25) is 0 Å². The summed E-state index contributed by atoms with van der Waals surface area (Å²) in [5, 5.41) is 8.91. The molecule has 0 saturated carbocycles. The lowest BCUT2D eigenvalue weighted by Crippen LogP contribution is -2.36. The van der Waals surface area contributed by atoms with Crippen LogP contribution in [0.1, 0.15) is 87.0 Å². The van der Waals surface area contributed by atoms with E-state index in [2.05, 4.69) is 47.6 Å². The number of hydrogen-bond donors (Lipinski definition) is 1. The fourth-order valence-corrected chi connectivity index (χ4v) is 5.45. The molecule has 158 valence electrons. The van der Waals surface area contributed by atoms with Crippen LogP contribution in [0.3, 0.4) is 0 Å². The lowest BCUT2D eigenvalue weighted by molar-refractivity contribution is -0.131. The number of aliphatic carboxylic acids is 1. The van der Waals surface area contributed by atoms with E-state index >= 15 is 0 Å². The van der Waals surface area contributed by atoms with Crippen molar-refractivity contribution in [3.63, 3.8) is 0 Å². The molecule has 0 aromatic rings. The molecule has 2 heteroatoms. The Morgan fingerprint density at radius 1 is 0.862 bits per heavy atom. The lowest BCUT2D eigenvalue weighted by Gasteiger charge is -2.50. The van der Waals surface area contributed by atoms with E-state index in [4.69, 9.17) is 5.11 Å². The highest BCUT2D eigenvalue weighted by Gasteiger charge is 2.44. The minimum atomic E-state index is -0.891. The standard InChI is InChI=1S/C27H38O2/c1-18(15-24(28)29)9-8-10-19-11-12-25(2,3)21-17-23-22(16-20(19)21)26(4,5)13-14-27(23,6)7/h8-10,15H,11-14,16-17H2,1-7H3,(H,28,29)/b9-8+,18-15+,19-10+. The largest absolute Gasteiger partial charge is 0.478 e. The first-order valence-corrected chi connectivity index (χ1v) is 11.1. The number of allylic oxidation sites excluding steroid dienone is 9. The van der Waals surface area contributed by atoms with Gasteiger partial charge in [-0.2, -0.15) is 0 Å². The van der Waals surface area contributed by atoms with Crippen molar-refractivity contribution in [2.24, 2.45) is 16.2 Å². The Balaban J connectivity index is 2.00. The van der Waals surface area contributed by atoms with Crippen LogP contribution in [0.15, 0.2) is 57.7 Å². The fourth-order valence-electron chi connectivity index (χ4n) is 5.45. The number of hydrogen-bond acceptors (Lipinski definition) is 1. The van der Waals surface area contributed by atoms with Crippen LogP contribution >= 0.6 is 0 Å². The Bertz CT molecular complexity index is 866. The van der Waals surface area contributed by atoms with E-state index in [9.17, 15) is 4.79 Å². The van der Waals surface area contributed by atoms with E-state index in [0.717, 1.165) is 24.8 Å². The van der Waals surface area contributed by atoms with Crippen molar-refractivity contribution in [3.05, 3.63) is 57.7 Å². The van der Waals surface area contributed by atoms with Gasteiger partial charge in [0.05, 0.1) is 0 Å². The summed E-state index contributed by atoms with van der Waals surface area (Å²) in [6.45, 7) is 16.4. The maximum Gasteiger partial charge on any atom is 0.328 e. The number of carboxylic acids is 1. The Labute approximate surface area is 177 Å². The van der Waals surface area contributed by atoms with Crippen LogP contribution in [-0.2, 0) is 4.79 Å². The molecular formula is C27H38O2. The molecule has 0 bridgehead atoms. The quantitative estimate of drug-likeness (QED) is 0.305. The fraction of sp³-hybridized carbons (Fsp3) is 0.593. The molecule has 0 aromatic heterocycles. The maximum absolute atomic E-state index is 10.8. The summed E-state index contributed by atoms with van der Waals surface area (Å²) in [5.74, 6) is -0.891. The van der Waals surface area contributed by atoms with E-state index in [1.807, 2.05) is 19.1 Å². The molecule has 0 saturated heterocycles. The van der Waals surface area contributed by atoms with Crippen LogP contribution in [0.5, 0.6) is 0 Å². The molecule has 2 nitrogen and oxygen atoms in total. The summed E-state index contributed by atoms with van der Waals surface area (Å²) in [6.07, 6.45) is 14.5. The highest BCUT2D eigenvalue weighted by Crippen LogP contribution is 2.59. The summed E-state index contributed by atoms with van der Waals surface area (Å²) < 4.78 is 0. The normalized spacial score (nSPS) is 27.3. The summed E-state index contributed by atoms with van der Waals surface area (Å²) in [5.41, 5.74) is 9.66. The van der Waals surface area contributed by atoms with E-state index in [-0.39, 0.29) is 10.8 Å². The molecule has 0 fully saturated rings. The predicted octanol–water partition coefficient (Wildman–Crippen LogP) is 7.55. The summed E-state index contributed by atoms with van der Waals surface area (Å²) >= 11 is 0. The molecule has 0 spiro atoms. The third-order valence-electron chi connectivity index (χ3n) is 7.68. The van der Waals surface area contributed by atoms with Crippen molar-refractivity contribution in [1.82, 2.24) is 0 Å². The van der Waals surface area contributed by atoms with Gasteiger partial charge in [0.25, 0.3) is 0 Å². The van der Waals surface area contributed by atoms with Gasteiger partial charge in [-0.05, 0) is 78.4 Å². The molecule has 0 aromatic carbocycles. The van der Waals surface area contributed by atoms with Crippen LogP contribution in [-0.4, -0.2) is 11.1 Å². The first kappa shape index (κ1) is 21.9. The minimum Gasteiger partial charge on any atom is -0.478 e. The molecule has 3 rings (SSSR count). The molecule has 3 aliphatic carbocycles. The monoisotopic (exact) mass is 394 g/mol. The third-order valence-corrected chi connectivity index (χ3v) is 7.68. The Morgan fingerprint density at radius 3 is 2.00 bits per heavy atom. The van der Waals surface area contributed by atoms with E-state index in [1.54, 1.807) is 22.3 Å². The predicted molar refractivity (Wildman–Crippen MR) is 122 cm³/mol. The van der Waals surface area contributed by atoms with Crippen molar-refractivity contribution in [2.75, 3.05) is 0 Å². The van der Waals surface area contributed by atoms with Crippen molar-refractivity contribution < 1.29 is 9.90 Å². The molecule has 0 radical (unpaired) electrons. The van der Waals surface area contributed by atoms with E-state index in [0.29, 0.717) is 5.41 Å². The van der Waals surface area contributed by atoms with Crippen molar-refractivity contribution in [2.45, 2.75) is 87.0 Å². The zero-order valence-corrected chi connectivity index (χ0v) is 19.4. The Hall–Kier alpha value is -1.83. The van der Waals surface area contributed by atoms with Crippen LogP contribution in [0.2, 0.25) is 0 Å². The van der Waals surface area contributed by atoms with Gasteiger partial charge in [-0.15, -0.1) is 0 Å². The molecule has 0 amide bonds. The molecule has 1 N–H and O–H groups in total. The second-order valence-electron chi connectivity index (χ2n) is 11.2. The minimum absolute atomic E-state index is 0.256.